The molecule has 1 amide bonds. The van der Waals surface area contributed by atoms with E-state index in [1.165, 1.54) is 17.8 Å². The monoisotopic (exact) mass is 353 g/mol. The van der Waals surface area contributed by atoms with E-state index in [0.29, 0.717) is 18.4 Å². The number of nitrogens with two attached hydrogens (primary N) is 1. The van der Waals surface area contributed by atoms with Crippen LogP contribution < -0.4 is 11.1 Å². The summed E-state index contributed by atoms with van der Waals surface area (Å²) in [6, 6.07) is 3.76. The number of rotatable bonds is 4. The van der Waals surface area contributed by atoms with Crippen LogP contribution in [0.15, 0.2) is 28.2 Å². The quantitative estimate of drug-likeness (QED) is 0.885. The van der Waals surface area contributed by atoms with Crippen molar-refractivity contribution < 1.29 is 9.21 Å². The van der Waals surface area contributed by atoms with Crippen molar-refractivity contribution in [3.05, 3.63) is 29.5 Å². The van der Waals surface area contributed by atoms with Gasteiger partial charge in [0.2, 0.25) is 5.91 Å². The summed E-state index contributed by atoms with van der Waals surface area (Å²) in [5.41, 5.74) is 7.08. The van der Waals surface area contributed by atoms with E-state index < -0.39 is 0 Å². The molecule has 2 fully saturated rings. The van der Waals surface area contributed by atoms with Crippen molar-refractivity contribution >= 4 is 29.7 Å². The summed E-state index contributed by atoms with van der Waals surface area (Å²) in [6.07, 6.45) is 5.09. The molecule has 5 nitrogen and oxygen atoms in total. The molecule has 2 heterocycles. The van der Waals surface area contributed by atoms with E-state index >= 15 is 0 Å². The van der Waals surface area contributed by atoms with Crippen LogP contribution >= 0.6 is 23.7 Å². The summed E-state index contributed by atoms with van der Waals surface area (Å²) in [6.45, 7) is 0.455. The van der Waals surface area contributed by atoms with E-state index in [4.69, 9.17) is 10.2 Å². The van der Waals surface area contributed by atoms with Crippen LogP contribution in [0.5, 0.6) is 0 Å². The highest BCUT2D eigenvalue weighted by atomic mass is 35.5. The Morgan fingerprint density at radius 2 is 2.26 bits per heavy atom. The van der Waals surface area contributed by atoms with Crippen LogP contribution in [0.4, 0.5) is 0 Å². The average molecular weight is 354 g/mol. The lowest BCUT2D eigenvalue weighted by atomic mass is 9.84. The number of hydrogen-bond donors (Lipinski definition) is 2. The third kappa shape index (κ3) is 3.03. The molecule has 4 rings (SSSR count). The van der Waals surface area contributed by atoms with Crippen LogP contribution in [-0.2, 0) is 11.3 Å². The van der Waals surface area contributed by atoms with Crippen molar-refractivity contribution in [1.82, 2.24) is 10.3 Å². The van der Waals surface area contributed by atoms with Gasteiger partial charge in [-0.25, -0.2) is 4.98 Å². The highest BCUT2D eigenvalue weighted by Gasteiger charge is 2.48. The summed E-state index contributed by atoms with van der Waals surface area (Å²) in [5.74, 6) is 1.87. The molecule has 0 spiro atoms. The van der Waals surface area contributed by atoms with Gasteiger partial charge in [0.25, 0.3) is 0 Å². The van der Waals surface area contributed by atoms with Crippen molar-refractivity contribution in [1.29, 1.82) is 0 Å². The van der Waals surface area contributed by atoms with Gasteiger partial charge in [-0.05, 0) is 43.2 Å². The molecule has 2 aromatic rings. The van der Waals surface area contributed by atoms with Crippen molar-refractivity contribution in [3.63, 3.8) is 0 Å². The standard InChI is InChI=1S/C16H19N3O2S.ClH/c17-14-10-4-3-9(6-10)13(14)15(20)18-7-11-8-22-16(19-11)12-2-1-5-21-12;/h1-2,5,8-10,13-14H,3-4,6-7,17H2,(H,18,20);1H. The number of nitrogens with one attached hydrogen (secondary N) is 1. The molecule has 7 heteroatoms. The minimum absolute atomic E-state index is 0. The first-order valence-corrected chi connectivity index (χ1v) is 8.62. The molecule has 2 aliphatic rings. The Morgan fingerprint density at radius 3 is 2.96 bits per heavy atom. The molecule has 23 heavy (non-hydrogen) atoms. The molecular formula is C16H20ClN3O2S. The number of thiazole rings is 1. The van der Waals surface area contributed by atoms with E-state index in [1.807, 2.05) is 17.5 Å². The number of hydrogen-bond acceptors (Lipinski definition) is 5. The second-order valence-corrected chi connectivity index (χ2v) is 7.13. The molecule has 0 saturated heterocycles. The van der Waals surface area contributed by atoms with E-state index in [9.17, 15) is 4.79 Å². The third-order valence-electron chi connectivity index (χ3n) is 5.01. The predicted molar refractivity (Wildman–Crippen MR) is 91.2 cm³/mol. The largest absolute Gasteiger partial charge is 0.462 e. The van der Waals surface area contributed by atoms with Gasteiger partial charge in [-0.1, -0.05) is 0 Å². The summed E-state index contributed by atoms with van der Waals surface area (Å²) in [7, 11) is 0. The zero-order valence-corrected chi connectivity index (χ0v) is 14.2. The van der Waals surface area contributed by atoms with Gasteiger partial charge in [0.15, 0.2) is 10.8 Å². The van der Waals surface area contributed by atoms with Gasteiger partial charge < -0.3 is 15.5 Å². The Bertz CT molecular complexity index is 671. The first-order chi connectivity index (χ1) is 10.7. The first kappa shape index (κ1) is 16.5. The van der Waals surface area contributed by atoms with E-state index in [2.05, 4.69) is 10.3 Å². The Morgan fingerprint density at radius 1 is 1.43 bits per heavy atom. The number of fused-ring (bicyclic) bond motifs is 2. The number of furan rings is 1. The highest BCUT2D eigenvalue weighted by molar-refractivity contribution is 7.13. The Kier molecular flexibility index (Phi) is 4.75. The number of halogens is 1. The maximum atomic E-state index is 12.4. The Hall–Kier alpha value is -1.37. The van der Waals surface area contributed by atoms with Crippen molar-refractivity contribution in [3.8, 4) is 10.8 Å². The lowest BCUT2D eigenvalue weighted by Crippen LogP contribution is -2.45. The van der Waals surface area contributed by atoms with Crippen LogP contribution in [0, 0.1) is 17.8 Å². The lowest BCUT2D eigenvalue weighted by Gasteiger charge is -2.26. The van der Waals surface area contributed by atoms with Crippen LogP contribution in [-0.4, -0.2) is 16.9 Å². The third-order valence-corrected chi connectivity index (χ3v) is 5.92. The van der Waals surface area contributed by atoms with Crippen molar-refractivity contribution in [2.75, 3.05) is 0 Å². The SMILES string of the molecule is Cl.NC1C2CCC(C2)C1C(=O)NCc1csc(-c2ccco2)n1. The van der Waals surface area contributed by atoms with Crippen LogP contribution in [0.3, 0.4) is 0 Å². The van der Waals surface area contributed by atoms with Crippen molar-refractivity contribution in [2.45, 2.75) is 31.8 Å². The fourth-order valence-corrected chi connectivity index (χ4v) is 4.71. The number of nitrogens with zero attached hydrogens (tertiary/aromatic N) is 1. The summed E-state index contributed by atoms with van der Waals surface area (Å²) in [4.78, 5) is 16.9. The van der Waals surface area contributed by atoms with Crippen LogP contribution in [0.2, 0.25) is 0 Å². The van der Waals surface area contributed by atoms with Gasteiger partial charge in [0, 0.05) is 11.4 Å². The summed E-state index contributed by atoms with van der Waals surface area (Å²) in [5, 5.41) is 5.81. The second-order valence-electron chi connectivity index (χ2n) is 6.28. The zero-order chi connectivity index (χ0) is 15.1. The molecule has 0 aromatic carbocycles. The zero-order valence-electron chi connectivity index (χ0n) is 12.6. The topological polar surface area (TPSA) is 81.2 Å². The first-order valence-electron chi connectivity index (χ1n) is 7.74. The highest BCUT2D eigenvalue weighted by Crippen LogP contribution is 2.47. The molecule has 3 N–H and O–H groups in total. The molecule has 2 aliphatic carbocycles. The Balaban J connectivity index is 0.00000156. The fraction of sp³-hybridized carbons (Fsp3) is 0.500. The Labute approximate surface area is 145 Å². The van der Waals surface area contributed by atoms with Gasteiger partial charge in [-0.2, -0.15) is 0 Å². The minimum Gasteiger partial charge on any atom is -0.462 e. The minimum atomic E-state index is -0.0121. The number of amides is 1. The normalized spacial score (nSPS) is 28.6. The molecule has 124 valence electrons. The fourth-order valence-electron chi connectivity index (χ4n) is 3.92. The smallest absolute Gasteiger partial charge is 0.225 e. The van der Waals surface area contributed by atoms with Gasteiger partial charge in [-0.15, -0.1) is 23.7 Å². The van der Waals surface area contributed by atoms with E-state index in [1.54, 1.807) is 6.26 Å². The number of carbonyl (C=O) groups is 1. The van der Waals surface area contributed by atoms with Crippen LogP contribution in [0.1, 0.15) is 25.0 Å². The molecule has 2 aromatic heterocycles. The number of aromatic nitrogens is 1. The van der Waals surface area contributed by atoms with Gasteiger partial charge in [-0.3, -0.25) is 4.79 Å². The molecule has 4 atom stereocenters. The molecule has 0 aliphatic heterocycles. The van der Waals surface area contributed by atoms with Gasteiger partial charge in [0.1, 0.15) is 0 Å². The van der Waals surface area contributed by atoms with Crippen LogP contribution in [0.25, 0.3) is 10.8 Å². The maximum absolute atomic E-state index is 12.4. The maximum Gasteiger partial charge on any atom is 0.225 e. The summed E-state index contributed by atoms with van der Waals surface area (Å²) < 4.78 is 5.33. The van der Waals surface area contributed by atoms with Gasteiger partial charge in [0.05, 0.1) is 24.4 Å². The lowest BCUT2D eigenvalue weighted by molar-refractivity contribution is -0.127. The average Bonchev–Trinajstić information content (AvgIpc) is 3.26. The summed E-state index contributed by atoms with van der Waals surface area (Å²) >= 11 is 1.52. The predicted octanol–water partition coefficient (Wildman–Crippen LogP) is 2.81. The van der Waals surface area contributed by atoms with Crippen molar-refractivity contribution in [2.24, 2.45) is 23.5 Å². The van der Waals surface area contributed by atoms with Gasteiger partial charge >= 0.3 is 0 Å². The molecule has 2 saturated carbocycles. The number of carbonyl (C=O) groups excluding carboxylic acids is 1. The second kappa shape index (κ2) is 6.63. The molecule has 0 radical (unpaired) electrons. The van der Waals surface area contributed by atoms with E-state index in [-0.39, 0.29) is 30.3 Å². The molecule has 4 unspecified atom stereocenters. The molecule has 2 bridgehead atoms. The van der Waals surface area contributed by atoms with E-state index in [0.717, 1.165) is 29.3 Å². The molecular weight excluding hydrogens is 334 g/mol.